The highest BCUT2D eigenvalue weighted by molar-refractivity contribution is 4.91. The number of aliphatic hydroxyl groups is 1. The van der Waals surface area contributed by atoms with Crippen LogP contribution in [0, 0.1) is 5.92 Å². The summed E-state index contributed by atoms with van der Waals surface area (Å²) in [5.41, 5.74) is -0.293. The van der Waals surface area contributed by atoms with Gasteiger partial charge in [-0.05, 0) is 25.2 Å². The minimum atomic E-state index is -0.293. The Bertz CT molecular complexity index is 190. The van der Waals surface area contributed by atoms with Gasteiger partial charge in [0.1, 0.15) is 0 Å². The van der Waals surface area contributed by atoms with Crippen LogP contribution in [0.25, 0.3) is 0 Å². The van der Waals surface area contributed by atoms with Crippen LogP contribution in [0.5, 0.6) is 0 Å². The molecule has 0 spiro atoms. The van der Waals surface area contributed by atoms with Gasteiger partial charge in [0.2, 0.25) is 0 Å². The zero-order chi connectivity index (χ0) is 12.6. The minimum Gasteiger partial charge on any atom is -0.390 e. The monoisotopic (exact) mass is 240 g/mol. The predicted molar refractivity (Wildman–Crippen MR) is 75.2 cm³/mol. The van der Waals surface area contributed by atoms with Gasteiger partial charge in [-0.3, -0.25) is 0 Å². The molecule has 1 aliphatic rings. The van der Waals surface area contributed by atoms with Crippen LogP contribution in [-0.2, 0) is 0 Å². The molecular weight excluding hydrogens is 208 g/mol. The number of hydrogen-bond donors (Lipinski definition) is 1. The maximum atomic E-state index is 10.6. The summed E-state index contributed by atoms with van der Waals surface area (Å²) in [7, 11) is 0. The smallest absolute Gasteiger partial charge is 0.0675 e. The molecule has 2 unspecified atom stereocenters. The van der Waals surface area contributed by atoms with E-state index in [9.17, 15) is 5.11 Å². The third-order valence-electron chi connectivity index (χ3n) is 4.63. The van der Waals surface area contributed by atoms with Crippen molar-refractivity contribution in [1.29, 1.82) is 0 Å². The van der Waals surface area contributed by atoms with E-state index in [-0.39, 0.29) is 5.60 Å². The maximum absolute atomic E-state index is 10.6. The van der Waals surface area contributed by atoms with Gasteiger partial charge in [0, 0.05) is 0 Å². The molecule has 0 amide bonds. The highest BCUT2D eigenvalue weighted by Crippen LogP contribution is 2.41. The molecule has 17 heavy (non-hydrogen) atoms. The Morgan fingerprint density at radius 3 is 2.29 bits per heavy atom. The summed E-state index contributed by atoms with van der Waals surface area (Å²) < 4.78 is 0. The van der Waals surface area contributed by atoms with Crippen LogP contribution in [-0.4, -0.2) is 10.7 Å². The van der Waals surface area contributed by atoms with E-state index in [1.54, 1.807) is 0 Å². The molecule has 1 saturated carbocycles. The van der Waals surface area contributed by atoms with Crippen molar-refractivity contribution in [2.24, 2.45) is 5.92 Å². The molecule has 0 bridgehead atoms. The Labute approximate surface area is 108 Å². The van der Waals surface area contributed by atoms with Gasteiger partial charge in [-0.25, -0.2) is 0 Å². The fourth-order valence-corrected chi connectivity index (χ4v) is 3.43. The van der Waals surface area contributed by atoms with Gasteiger partial charge in [0.05, 0.1) is 5.60 Å². The third-order valence-corrected chi connectivity index (χ3v) is 4.63. The Morgan fingerprint density at radius 2 is 1.65 bits per heavy atom. The van der Waals surface area contributed by atoms with Gasteiger partial charge in [-0.15, -0.1) is 0 Å². The molecule has 1 nitrogen and oxygen atoms in total. The number of hydrogen-bond acceptors (Lipinski definition) is 1. The van der Waals surface area contributed by atoms with E-state index in [4.69, 9.17) is 0 Å². The van der Waals surface area contributed by atoms with Crippen molar-refractivity contribution in [3.05, 3.63) is 0 Å². The first-order valence-corrected chi connectivity index (χ1v) is 7.95. The summed E-state index contributed by atoms with van der Waals surface area (Å²) in [6, 6.07) is 0. The molecule has 1 fully saturated rings. The van der Waals surface area contributed by atoms with Crippen molar-refractivity contribution in [3.63, 3.8) is 0 Å². The van der Waals surface area contributed by atoms with Crippen LogP contribution >= 0.6 is 0 Å². The van der Waals surface area contributed by atoms with E-state index >= 15 is 0 Å². The fourth-order valence-electron chi connectivity index (χ4n) is 3.43. The first-order chi connectivity index (χ1) is 8.23. The van der Waals surface area contributed by atoms with Crippen LogP contribution in [0.15, 0.2) is 0 Å². The standard InChI is InChI=1S/C16H32O/c1-3-5-6-7-8-9-10-13-16(17)14-11-12-15(16)4-2/h15,17H,3-14H2,1-2H3. The van der Waals surface area contributed by atoms with Crippen LogP contribution < -0.4 is 0 Å². The topological polar surface area (TPSA) is 20.2 Å². The second kappa shape index (κ2) is 8.13. The summed E-state index contributed by atoms with van der Waals surface area (Å²) in [6.45, 7) is 4.49. The molecular formula is C16H32O. The van der Waals surface area contributed by atoms with Crippen LogP contribution in [0.2, 0.25) is 0 Å². The average molecular weight is 240 g/mol. The molecule has 1 rings (SSSR count). The van der Waals surface area contributed by atoms with Gasteiger partial charge >= 0.3 is 0 Å². The zero-order valence-electron chi connectivity index (χ0n) is 12.0. The van der Waals surface area contributed by atoms with Gasteiger partial charge in [0.25, 0.3) is 0 Å². The normalized spacial score (nSPS) is 28.8. The molecule has 102 valence electrons. The highest BCUT2D eigenvalue weighted by atomic mass is 16.3. The van der Waals surface area contributed by atoms with E-state index < -0.39 is 0 Å². The Morgan fingerprint density at radius 1 is 1.00 bits per heavy atom. The first-order valence-electron chi connectivity index (χ1n) is 7.95. The van der Waals surface area contributed by atoms with Gasteiger partial charge in [0.15, 0.2) is 0 Å². The van der Waals surface area contributed by atoms with Gasteiger partial charge in [-0.2, -0.15) is 0 Å². The van der Waals surface area contributed by atoms with E-state index in [1.165, 1.54) is 57.8 Å². The van der Waals surface area contributed by atoms with Crippen molar-refractivity contribution in [2.45, 2.75) is 96.5 Å². The van der Waals surface area contributed by atoms with Gasteiger partial charge < -0.3 is 5.11 Å². The second-order valence-electron chi connectivity index (χ2n) is 5.97. The largest absolute Gasteiger partial charge is 0.390 e. The van der Waals surface area contributed by atoms with Crippen molar-refractivity contribution < 1.29 is 5.11 Å². The Kier molecular flexibility index (Phi) is 7.18. The second-order valence-corrected chi connectivity index (χ2v) is 5.97. The molecule has 1 N–H and O–H groups in total. The first kappa shape index (κ1) is 15.0. The minimum absolute atomic E-state index is 0.293. The van der Waals surface area contributed by atoms with Crippen molar-refractivity contribution in [3.8, 4) is 0 Å². The number of unbranched alkanes of at least 4 members (excludes halogenated alkanes) is 6. The predicted octanol–water partition coefficient (Wildman–Crippen LogP) is 5.07. The third kappa shape index (κ3) is 4.99. The van der Waals surface area contributed by atoms with E-state index in [2.05, 4.69) is 13.8 Å². The molecule has 0 aromatic heterocycles. The molecule has 0 aromatic carbocycles. The van der Waals surface area contributed by atoms with Crippen LogP contribution in [0.4, 0.5) is 0 Å². The van der Waals surface area contributed by atoms with Crippen LogP contribution in [0.3, 0.4) is 0 Å². The van der Waals surface area contributed by atoms with E-state index in [0.29, 0.717) is 5.92 Å². The molecule has 2 atom stereocenters. The molecule has 0 radical (unpaired) electrons. The summed E-state index contributed by atoms with van der Waals surface area (Å²) in [5, 5.41) is 10.6. The summed E-state index contributed by atoms with van der Waals surface area (Å²) in [6.07, 6.45) is 15.2. The Balaban J connectivity index is 2.05. The summed E-state index contributed by atoms with van der Waals surface area (Å²) in [4.78, 5) is 0. The Hall–Kier alpha value is -0.0400. The lowest BCUT2D eigenvalue weighted by molar-refractivity contribution is -0.00905. The van der Waals surface area contributed by atoms with Crippen molar-refractivity contribution in [2.75, 3.05) is 0 Å². The lowest BCUT2D eigenvalue weighted by Gasteiger charge is -2.29. The number of rotatable bonds is 9. The SMILES string of the molecule is CCCCCCCCCC1(O)CCCC1CC. The van der Waals surface area contributed by atoms with Crippen molar-refractivity contribution >= 4 is 0 Å². The maximum Gasteiger partial charge on any atom is 0.0675 e. The molecule has 0 aliphatic heterocycles. The zero-order valence-corrected chi connectivity index (χ0v) is 12.0. The van der Waals surface area contributed by atoms with E-state index in [1.807, 2.05) is 0 Å². The van der Waals surface area contributed by atoms with Crippen molar-refractivity contribution in [1.82, 2.24) is 0 Å². The summed E-state index contributed by atoms with van der Waals surface area (Å²) in [5.74, 6) is 0.586. The quantitative estimate of drug-likeness (QED) is 0.558. The van der Waals surface area contributed by atoms with E-state index in [0.717, 1.165) is 19.3 Å². The lowest BCUT2D eigenvalue weighted by atomic mass is 9.84. The van der Waals surface area contributed by atoms with Gasteiger partial charge in [-0.1, -0.05) is 71.6 Å². The highest BCUT2D eigenvalue weighted by Gasteiger charge is 2.38. The molecule has 0 heterocycles. The molecule has 1 heteroatoms. The fraction of sp³-hybridized carbons (Fsp3) is 1.00. The summed E-state index contributed by atoms with van der Waals surface area (Å²) >= 11 is 0. The lowest BCUT2D eigenvalue weighted by Crippen LogP contribution is -2.32. The molecule has 0 saturated heterocycles. The van der Waals surface area contributed by atoms with Crippen LogP contribution in [0.1, 0.15) is 90.9 Å². The average Bonchev–Trinajstić information content (AvgIpc) is 2.69. The molecule has 0 aromatic rings. The molecule has 1 aliphatic carbocycles.